The fourth-order valence-electron chi connectivity index (χ4n) is 2.71. The number of aromatic nitrogens is 1. The van der Waals surface area contributed by atoms with Gasteiger partial charge < -0.3 is 14.8 Å². The van der Waals surface area contributed by atoms with Crippen LogP contribution in [0.3, 0.4) is 0 Å². The van der Waals surface area contributed by atoms with Gasteiger partial charge in [0, 0.05) is 22.8 Å². The Kier molecular flexibility index (Phi) is 5.07. The van der Waals surface area contributed by atoms with Crippen LogP contribution in [0.15, 0.2) is 42.5 Å². The molecule has 0 radical (unpaired) electrons. The average molecular weight is 350 g/mol. The minimum atomic E-state index is -0.209. The zero-order valence-corrected chi connectivity index (χ0v) is 15.4. The second-order valence-electron chi connectivity index (χ2n) is 6.28. The van der Waals surface area contributed by atoms with E-state index in [1.54, 1.807) is 7.11 Å². The summed E-state index contributed by atoms with van der Waals surface area (Å²) in [5.41, 5.74) is 4.71. The zero-order valence-electron chi connectivity index (χ0n) is 15.4. The molecule has 0 aliphatic carbocycles. The van der Waals surface area contributed by atoms with E-state index in [2.05, 4.69) is 10.3 Å². The molecule has 1 N–H and O–H groups in total. The van der Waals surface area contributed by atoms with Crippen molar-refractivity contribution >= 4 is 22.5 Å². The Balaban J connectivity index is 1.76. The molecule has 5 heteroatoms. The molecule has 0 saturated heterocycles. The fourth-order valence-corrected chi connectivity index (χ4v) is 2.71. The van der Waals surface area contributed by atoms with Crippen LogP contribution >= 0.6 is 0 Å². The maximum Gasteiger partial charge on any atom is 0.262 e. The van der Waals surface area contributed by atoms with Crippen LogP contribution < -0.4 is 14.8 Å². The topological polar surface area (TPSA) is 60.5 Å². The lowest BCUT2D eigenvalue weighted by Crippen LogP contribution is -2.20. The van der Waals surface area contributed by atoms with Crippen LogP contribution in [0.5, 0.6) is 11.5 Å². The molecule has 0 atom stereocenters. The highest BCUT2D eigenvalue weighted by molar-refractivity contribution is 5.92. The van der Waals surface area contributed by atoms with Crippen molar-refractivity contribution in [3.05, 3.63) is 59.3 Å². The number of hydrogen-bond acceptors (Lipinski definition) is 4. The Bertz CT molecular complexity index is 967. The third-order valence-electron chi connectivity index (χ3n) is 4.26. The van der Waals surface area contributed by atoms with Gasteiger partial charge in [-0.2, -0.15) is 0 Å². The molecule has 0 aliphatic heterocycles. The third kappa shape index (κ3) is 3.94. The number of rotatable bonds is 5. The SMILES string of the molecule is COc1ccc2nc(C)cc(OCC(=O)Nc3ccc(C)c(C)c3)c2c1. The molecular weight excluding hydrogens is 328 g/mol. The highest BCUT2D eigenvalue weighted by Crippen LogP contribution is 2.29. The lowest BCUT2D eigenvalue weighted by molar-refractivity contribution is -0.118. The van der Waals surface area contributed by atoms with Crippen molar-refractivity contribution in [2.45, 2.75) is 20.8 Å². The normalized spacial score (nSPS) is 10.6. The van der Waals surface area contributed by atoms with Gasteiger partial charge in [0.25, 0.3) is 5.91 Å². The molecule has 3 aromatic rings. The van der Waals surface area contributed by atoms with Gasteiger partial charge in [0.2, 0.25) is 0 Å². The number of hydrogen-bond donors (Lipinski definition) is 1. The summed E-state index contributed by atoms with van der Waals surface area (Å²) in [6.07, 6.45) is 0. The number of carbonyl (C=O) groups is 1. The van der Waals surface area contributed by atoms with Crippen molar-refractivity contribution in [3.63, 3.8) is 0 Å². The summed E-state index contributed by atoms with van der Waals surface area (Å²) >= 11 is 0. The van der Waals surface area contributed by atoms with Gasteiger partial charge in [0.15, 0.2) is 6.61 Å². The number of amides is 1. The molecule has 134 valence electrons. The Morgan fingerprint density at radius 2 is 1.85 bits per heavy atom. The summed E-state index contributed by atoms with van der Waals surface area (Å²) in [7, 11) is 1.61. The predicted octanol–water partition coefficient (Wildman–Crippen LogP) is 4.19. The number of methoxy groups -OCH3 is 1. The summed E-state index contributed by atoms with van der Waals surface area (Å²) in [5, 5.41) is 3.68. The van der Waals surface area contributed by atoms with E-state index in [4.69, 9.17) is 9.47 Å². The Morgan fingerprint density at radius 3 is 2.58 bits per heavy atom. The monoisotopic (exact) mass is 350 g/mol. The first-order chi connectivity index (χ1) is 12.5. The van der Waals surface area contributed by atoms with Crippen molar-refractivity contribution < 1.29 is 14.3 Å². The van der Waals surface area contributed by atoms with Crippen molar-refractivity contribution in [2.24, 2.45) is 0 Å². The zero-order chi connectivity index (χ0) is 18.7. The molecule has 1 heterocycles. The molecule has 3 rings (SSSR count). The van der Waals surface area contributed by atoms with Crippen LogP contribution in [0.4, 0.5) is 5.69 Å². The summed E-state index contributed by atoms with van der Waals surface area (Å²) < 4.78 is 11.1. The van der Waals surface area contributed by atoms with Crippen LogP contribution in [0, 0.1) is 20.8 Å². The summed E-state index contributed by atoms with van der Waals surface area (Å²) in [5.74, 6) is 1.12. The molecule has 1 aromatic heterocycles. The number of nitrogens with one attached hydrogen (secondary N) is 1. The number of benzene rings is 2. The predicted molar refractivity (Wildman–Crippen MR) is 103 cm³/mol. The average Bonchev–Trinajstić information content (AvgIpc) is 2.62. The first kappa shape index (κ1) is 17.7. The van der Waals surface area contributed by atoms with E-state index < -0.39 is 0 Å². The molecule has 26 heavy (non-hydrogen) atoms. The van der Waals surface area contributed by atoms with E-state index in [-0.39, 0.29) is 12.5 Å². The van der Waals surface area contributed by atoms with E-state index in [1.807, 2.05) is 63.2 Å². The molecule has 0 spiro atoms. The van der Waals surface area contributed by atoms with Crippen molar-refractivity contribution in [2.75, 3.05) is 19.0 Å². The molecule has 5 nitrogen and oxygen atoms in total. The van der Waals surface area contributed by atoms with E-state index in [9.17, 15) is 4.79 Å². The molecule has 0 fully saturated rings. The van der Waals surface area contributed by atoms with E-state index in [0.29, 0.717) is 11.5 Å². The first-order valence-electron chi connectivity index (χ1n) is 8.41. The summed E-state index contributed by atoms with van der Waals surface area (Å²) in [6, 6.07) is 13.2. The van der Waals surface area contributed by atoms with Crippen LogP contribution in [-0.4, -0.2) is 24.6 Å². The van der Waals surface area contributed by atoms with Crippen molar-refractivity contribution in [3.8, 4) is 11.5 Å². The molecular formula is C21H22N2O3. The lowest BCUT2D eigenvalue weighted by atomic mass is 10.1. The Labute approximate surface area is 153 Å². The second-order valence-corrected chi connectivity index (χ2v) is 6.28. The number of anilines is 1. The fraction of sp³-hybridized carbons (Fsp3) is 0.238. The quantitative estimate of drug-likeness (QED) is 0.750. The maximum atomic E-state index is 12.2. The van der Waals surface area contributed by atoms with Crippen LogP contribution in [0.25, 0.3) is 10.9 Å². The smallest absolute Gasteiger partial charge is 0.262 e. The number of fused-ring (bicyclic) bond motifs is 1. The van der Waals surface area contributed by atoms with E-state index in [0.717, 1.165) is 27.8 Å². The molecule has 2 aromatic carbocycles. The lowest BCUT2D eigenvalue weighted by Gasteiger charge is -2.12. The second kappa shape index (κ2) is 7.44. The van der Waals surface area contributed by atoms with Gasteiger partial charge in [0.05, 0.1) is 12.6 Å². The van der Waals surface area contributed by atoms with Gasteiger partial charge in [-0.25, -0.2) is 0 Å². The highest BCUT2D eigenvalue weighted by atomic mass is 16.5. The van der Waals surface area contributed by atoms with E-state index in [1.165, 1.54) is 5.56 Å². The number of ether oxygens (including phenoxy) is 2. The largest absolute Gasteiger partial charge is 0.497 e. The maximum absolute atomic E-state index is 12.2. The molecule has 0 saturated carbocycles. The number of carbonyl (C=O) groups excluding carboxylic acids is 1. The van der Waals surface area contributed by atoms with Crippen molar-refractivity contribution in [1.82, 2.24) is 4.98 Å². The summed E-state index contributed by atoms with van der Waals surface area (Å²) in [4.78, 5) is 16.7. The minimum Gasteiger partial charge on any atom is -0.497 e. The van der Waals surface area contributed by atoms with E-state index >= 15 is 0 Å². The number of pyridine rings is 1. The van der Waals surface area contributed by atoms with Gasteiger partial charge >= 0.3 is 0 Å². The van der Waals surface area contributed by atoms with Gasteiger partial charge in [-0.15, -0.1) is 0 Å². The molecule has 0 unspecified atom stereocenters. The van der Waals surface area contributed by atoms with Gasteiger partial charge in [0.1, 0.15) is 11.5 Å². The number of aryl methyl sites for hydroxylation is 3. The Morgan fingerprint density at radius 1 is 1.04 bits per heavy atom. The Hall–Kier alpha value is -3.08. The molecule has 0 bridgehead atoms. The van der Waals surface area contributed by atoms with Gasteiger partial charge in [-0.1, -0.05) is 6.07 Å². The van der Waals surface area contributed by atoms with Gasteiger partial charge in [-0.3, -0.25) is 9.78 Å². The van der Waals surface area contributed by atoms with Crippen LogP contribution in [0.1, 0.15) is 16.8 Å². The number of nitrogens with zero attached hydrogens (tertiary/aromatic N) is 1. The summed E-state index contributed by atoms with van der Waals surface area (Å²) in [6.45, 7) is 5.87. The molecule has 0 aliphatic rings. The highest BCUT2D eigenvalue weighted by Gasteiger charge is 2.10. The molecule has 1 amide bonds. The minimum absolute atomic E-state index is 0.0807. The van der Waals surface area contributed by atoms with Crippen LogP contribution in [-0.2, 0) is 4.79 Å². The van der Waals surface area contributed by atoms with Crippen molar-refractivity contribution in [1.29, 1.82) is 0 Å². The first-order valence-corrected chi connectivity index (χ1v) is 8.41. The standard InChI is InChI=1S/C21H22N2O3/c1-13-5-6-16(9-14(13)2)23-21(24)12-26-20-10-15(3)22-19-8-7-17(25-4)11-18(19)20/h5-11H,12H2,1-4H3,(H,23,24). The third-order valence-corrected chi connectivity index (χ3v) is 4.26. The van der Waals surface area contributed by atoms with Crippen LogP contribution in [0.2, 0.25) is 0 Å². The van der Waals surface area contributed by atoms with Gasteiger partial charge in [-0.05, 0) is 62.2 Å².